The van der Waals surface area contributed by atoms with Crippen molar-refractivity contribution >= 4 is 28.3 Å². The highest BCUT2D eigenvalue weighted by Crippen LogP contribution is 2.28. The lowest BCUT2D eigenvalue weighted by atomic mass is 10.1. The summed E-state index contributed by atoms with van der Waals surface area (Å²) in [6.07, 6.45) is -3.16. The minimum absolute atomic E-state index is 0.249. The molecule has 0 atom stereocenters. The van der Waals surface area contributed by atoms with Gasteiger partial charge >= 0.3 is 6.18 Å². The van der Waals surface area contributed by atoms with Crippen LogP contribution in [0.3, 0.4) is 0 Å². The van der Waals surface area contributed by atoms with E-state index in [2.05, 4.69) is 9.97 Å². The molecule has 0 aliphatic heterocycles. The molecule has 0 radical (unpaired) electrons. The summed E-state index contributed by atoms with van der Waals surface area (Å²) in [4.78, 5) is 18.7. The number of nitrogens with one attached hydrogen (secondary N) is 1. The van der Waals surface area contributed by atoms with Gasteiger partial charge in [-0.15, -0.1) is 0 Å². The molecule has 0 bridgehead atoms. The van der Waals surface area contributed by atoms with E-state index in [4.69, 9.17) is 11.6 Å². The van der Waals surface area contributed by atoms with Crippen LogP contribution < -0.4 is 0 Å². The Morgan fingerprint density at radius 3 is 2.68 bits per heavy atom. The van der Waals surface area contributed by atoms with Crippen LogP contribution in [-0.4, -0.2) is 15.8 Å². The Labute approximate surface area is 127 Å². The molecule has 3 rings (SSSR count). The average molecular weight is 325 g/mol. The molecule has 112 valence electrons. The third-order valence-corrected chi connectivity index (χ3v) is 3.40. The normalized spacial score (nSPS) is 11.8. The van der Waals surface area contributed by atoms with Gasteiger partial charge in [0.25, 0.3) is 0 Å². The maximum absolute atomic E-state index is 12.7. The highest BCUT2D eigenvalue weighted by molar-refractivity contribution is 6.31. The number of fused-ring (bicyclic) bond motifs is 1. The van der Waals surface area contributed by atoms with E-state index in [1.807, 2.05) is 0 Å². The first-order valence-corrected chi connectivity index (χ1v) is 6.59. The monoisotopic (exact) mass is 324 g/mol. The molecule has 3 aromatic rings. The van der Waals surface area contributed by atoms with Crippen LogP contribution in [-0.2, 0) is 6.18 Å². The Balaban J connectivity index is 2.06. The molecular weight excluding hydrogens is 317 g/mol. The molecule has 22 heavy (non-hydrogen) atoms. The van der Waals surface area contributed by atoms with Gasteiger partial charge in [-0.25, -0.2) is 4.98 Å². The summed E-state index contributed by atoms with van der Waals surface area (Å²) < 4.78 is 38.0. The summed E-state index contributed by atoms with van der Waals surface area (Å²) in [5.41, 5.74) is -0.478. The summed E-state index contributed by atoms with van der Waals surface area (Å²) in [5.74, 6) is -0.584. The van der Waals surface area contributed by atoms with E-state index in [0.29, 0.717) is 15.9 Å². The number of H-pyrrole nitrogens is 1. The number of ketones is 1. The zero-order valence-corrected chi connectivity index (χ0v) is 11.7. The maximum Gasteiger partial charge on any atom is 0.433 e. The lowest BCUT2D eigenvalue weighted by Gasteiger charge is -2.06. The van der Waals surface area contributed by atoms with Gasteiger partial charge in [-0.05, 0) is 24.3 Å². The van der Waals surface area contributed by atoms with E-state index >= 15 is 0 Å². The number of nitrogens with zero attached hydrogens (tertiary/aromatic N) is 1. The molecule has 2 aromatic heterocycles. The standard InChI is InChI=1S/C15H8ClF3N2O/c16-8-4-5-9-10(7-20-12(9)6-8)14(22)11-2-1-3-13(21-11)15(17,18)19/h1-7,20H. The number of aromatic nitrogens is 2. The molecule has 3 nitrogen and oxygen atoms in total. The van der Waals surface area contributed by atoms with Gasteiger partial charge in [-0.3, -0.25) is 4.79 Å². The van der Waals surface area contributed by atoms with Gasteiger partial charge in [0, 0.05) is 27.7 Å². The summed E-state index contributed by atoms with van der Waals surface area (Å²) in [7, 11) is 0. The number of benzene rings is 1. The van der Waals surface area contributed by atoms with Crippen LogP contribution in [0.5, 0.6) is 0 Å². The van der Waals surface area contributed by atoms with E-state index in [-0.39, 0.29) is 11.3 Å². The van der Waals surface area contributed by atoms with Crippen molar-refractivity contribution in [2.45, 2.75) is 6.18 Å². The molecule has 0 spiro atoms. The van der Waals surface area contributed by atoms with Gasteiger partial charge in [0.05, 0.1) is 0 Å². The van der Waals surface area contributed by atoms with Crippen molar-refractivity contribution in [3.63, 3.8) is 0 Å². The van der Waals surface area contributed by atoms with Gasteiger partial charge in [0.15, 0.2) is 0 Å². The summed E-state index contributed by atoms with van der Waals surface area (Å²) in [6.45, 7) is 0. The zero-order chi connectivity index (χ0) is 15.9. The highest BCUT2D eigenvalue weighted by atomic mass is 35.5. The lowest BCUT2D eigenvalue weighted by Crippen LogP contribution is -2.12. The third kappa shape index (κ3) is 2.57. The summed E-state index contributed by atoms with van der Waals surface area (Å²) in [6, 6.07) is 8.11. The molecule has 0 amide bonds. The zero-order valence-electron chi connectivity index (χ0n) is 10.9. The number of hydrogen-bond donors (Lipinski definition) is 1. The second-order valence-electron chi connectivity index (χ2n) is 4.63. The molecule has 0 saturated carbocycles. The van der Waals surface area contributed by atoms with E-state index in [1.54, 1.807) is 18.2 Å². The van der Waals surface area contributed by atoms with Crippen molar-refractivity contribution in [1.29, 1.82) is 0 Å². The van der Waals surface area contributed by atoms with Crippen LogP contribution >= 0.6 is 11.6 Å². The number of carbonyl (C=O) groups is 1. The first kappa shape index (κ1) is 14.6. The van der Waals surface area contributed by atoms with E-state index < -0.39 is 17.7 Å². The predicted octanol–water partition coefficient (Wildman–Crippen LogP) is 4.47. The first-order chi connectivity index (χ1) is 10.4. The topological polar surface area (TPSA) is 45.8 Å². The van der Waals surface area contributed by atoms with Gasteiger partial charge in [-0.1, -0.05) is 23.7 Å². The number of pyridine rings is 1. The van der Waals surface area contributed by atoms with E-state index in [1.165, 1.54) is 12.3 Å². The number of carbonyl (C=O) groups excluding carboxylic acids is 1. The molecule has 7 heteroatoms. The van der Waals surface area contributed by atoms with Gasteiger partial charge in [0.2, 0.25) is 5.78 Å². The number of rotatable bonds is 2. The van der Waals surface area contributed by atoms with Crippen LogP contribution in [0, 0.1) is 0 Å². The Bertz CT molecular complexity index is 871. The van der Waals surface area contributed by atoms with Crippen LogP contribution in [0.15, 0.2) is 42.6 Å². The van der Waals surface area contributed by atoms with Crippen LogP contribution in [0.2, 0.25) is 5.02 Å². The van der Waals surface area contributed by atoms with Crippen LogP contribution in [0.25, 0.3) is 10.9 Å². The fraction of sp³-hybridized carbons (Fsp3) is 0.0667. The SMILES string of the molecule is O=C(c1cccc(C(F)(F)F)n1)c1c[nH]c2cc(Cl)ccc12. The van der Waals surface area contributed by atoms with Crippen molar-refractivity contribution in [2.75, 3.05) is 0 Å². The van der Waals surface area contributed by atoms with Gasteiger partial charge < -0.3 is 4.98 Å². The molecule has 0 saturated heterocycles. The minimum atomic E-state index is -4.59. The molecular formula is C15H8ClF3N2O. The van der Waals surface area contributed by atoms with E-state index in [9.17, 15) is 18.0 Å². The largest absolute Gasteiger partial charge is 0.433 e. The van der Waals surface area contributed by atoms with Crippen LogP contribution in [0.4, 0.5) is 13.2 Å². The van der Waals surface area contributed by atoms with Gasteiger partial charge in [-0.2, -0.15) is 13.2 Å². The molecule has 1 N–H and O–H groups in total. The number of alkyl halides is 3. The average Bonchev–Trinajstić information content (AvgIpc) is 2.88. The smallest absolute Gasteiger partial charge is 0.360 e. The molecule has 0 fully saturated rings. The second kappa shape index (κ2) is 5.14. The Hall–Kier alpha value is -2.34. The molecule has 0 aliphatic carbocycles. The fourth-order valence-corrected chi connectivity index (χ4v) is 2.32. The Kier molecular flexibility index (Phi) is 3.41. The minimum Gasteiger partial charge on any atom is -0.360 e. The summed E-state index contributed by atoms with van der Waals surface area (Å²) in [5, 5.41) is 1.07. The van der Waals surface area contributed by atoms with Crippen LogP contribution in [0.1, 0.15) is 21.7 Å². The quantitative estimate of drug-likeness (QED) is 0.707. The molecule has 0 unspecified atom stereocenters. The predicted molar refractivity (Wildman–Crippen MR) is 76.0 cm³/mol. The van der Waals surface area contributed by atoms with Crippen molar-refractivity contribution < 1.29 is 18.0 Å². The number of aromatic amines is 1. The van der Waals surface area contributed by atoms with E-state index in [0.717, 1.165) is 12.1 Å². The number of halogens is 4. The molecule has 1 aromatic carbocycles. The van der Waals surface area contributed by atoms with Crippen molar-refractivity contribution in [2.24, 2.45) is 0 Å². The first-order valence-electron chi connectivity index (χ1n) is 6.22. The van der Waals surface area contributed by atoms with Gasteiger partial charge in [0.1, 0.15) is 11.4 Å². The number of hydrogen-bond acceptors (Lipinski definition) is 2. The fourth-order valence-electron chi connectivity index (χ4n) is 2.14. The Morgan fingerprint density at radius 1 is 1.18 bits per heavy atom. The van der Waals surface area contributed by atoms with Crippen molar-refractivity contribution in [1.82, 2.24) is 9.97 Å². The second-order valence-corrected chi connectivity index (χ2v) is 5.06. The maximum atomic E-state index is 12.7. The molecule has 2 heterocycles. The van der Waals surface area contributed by atoms with Crippen molar-refractivity contribution in [3.05, 3.63) is 64.6 Å². The van der Waals surface area contributed by atoms with Crippen molar-refractivity contribution in [3.8, 4) is 0 Å². The Morgan fingerprint density at radius 2 is 1.95 bits per heavy atom. The third-order valence-electron chi connectivity index (χ3n) is 3.16. The highest BCUT2D eigenvalue weighted by Gasteiger charge is 2.33. The summed E-state index contributed by atoms with van der Waals surface area (Å²) >= 11 is 5.85. The lowest BCUT2D eigenvalue weighted by molar-refractivity contribution is -0.141. The molecule has 0 aliphatic rings.